The molecule has 7 heteroatoms. The topological polar surface area (TPSA) is 56.0 Å². The summed E-state index contributed by atoms with van der Waals surface area (Å²) < 4.78 is 25.0. The maximum Gasteiger partial charge on any atom is 0.364 e. The lowest BCUT2D eigenvalue weighted by molar-refractivity contribution is -0.389. The van der Waals surface area contributed by atoms with Gasteiger partial charge in [-0.1, -0.05) is 0 Å². The first-order valence-corrected chi connectivity index (χ1v) is 4.61. The summed E-state index contributed by atoms with van der Waals surface area (Å²) in [4.78, 5) is 12.8. The van der Waals surface area contributed by atoms with E-state index in [-0.39, 0.29) is 3.57 Å². The smallest absolute Gasteiger partial charge is 0.358 e. The number of rotatable bonds is 2. The molecule has 0 atom stereocenters. The van der Waals surface area contributed by atoms with Crippen molar-refractivity contribution in [3.63, 3.8) is 0 Å². The third-order valence-corrected chi connectivity index (χ3v) is 2.95. The fourth-order valence-electron chi connectivity index (χ4n) is 0.902. The Balaban J connectivity index is 3.35. The molecule has 1 aromatic heterocycles. The molecule has 4 nitrogen and oxygen atoms in total. The second-order valence-corrected chi connectivity index (χ2v) is 3.63. The molecule has 0 aliphatic carbocycles. The molecule has 1 heterocycles. The third kappa shape index (κ3) is 2.14. The summed E-state index contributed by atoms with van der Waals surface area (Å²) in [6.07, 6.45) is -2.79. The van der Waals surface area contributed by atoms with Gasteiger partial charge in [0.1, 0.15) is 0 Å². The third-order valence-electron chi connectivity index (χ3n) is 1.55. The number of nitrogens with zero attached hydrogens (tertiary/aromatic N) is 2. The van der Waals surface area contributed by atoms with E-state index in [0.717, 1.165) is 0 Å². The molecule has 0 aliphatic heterocycles. The molecule has 0 aliphatic rings. The predicted octanol–water partition coefficient (Wildman–Crippen LogP) is 2.84. The van der Waals surface area contributed by atoms with Gasteiger partial charge in [-0.3, -0.25) is 0 Å². The monoisotopic (exact) mass is 314 g/mol. The van der Waals surface area contributed by atoms with Crippen LogP contribution in [-0.2, 0) is 0 Å². The molecular formula is C7H5F2IN2O2. The van der Waals surface area contributed by atoms with Gasteiger partial charge in [-0.15, -0.1) is 0 Å². The second-order valence-electron chi connectivity index (χ2n) is 2.55. The maximum absolute atomic E-state index is 12.4. The quantitative estimate of drug-likeness (QED) is 0.479. The van der Waals surface area contributed by atoms with E-state index < -0.39 is 22.9 Å². The molecule has 0 N–H and O–H groups in total. The lowest BCUT2D eigenvalue weighted by Gasteiger charge is -2.01. The van der Waals surface area contributed by atoms with Crippen molar-refractivity contribution in [3.8, 4) is 0 Å². The molecule has 0 bridgehead atoms. The van der Waals surface area contributed by atoms with E-state index in [1.807, 2.05) is 0 Å². The number of aromatic nitrogens is 1. The summed E-state index contributed by atoms with van der Waals surface area (Å²) in [5, 5.41) is 10.3. The highest BCUT2D eigenvalue weighted by Crippen LogP contribution is 2.27. The number of alkyl halides is 2. The van der Waals surface area contributed by atoms with Crippen LogP contribution in [0.4, 0.5) is 14.6 Å². The average molecular weight is 314 g/mol. The van der Waals surface area contributed by atoms with Gasteiger partial charge in [0, 0.05) is 6.07 Å². The van der Waals surface area contributed by atoms with Gasteiger partial charge >= 0.3 is 12.2 Å². The number of aryl methyl sites for hydroxylation is 1. The van der Waals surface area contributed by atoms with E-state index in [9.17, 15) is 18.9 Å². The van der Waals surface area contributed by atoms with E-state index in [2.05, 4.69) is 4.98 Å². The lowest BCUT2D eigenvalue weighted by Crippen LogP contribution is -2.01. The standard InChI is InChI=1S/C7H5F2IN2O2/c1-3-2-4(12(13)14)11-6(5(3)10)7(8)9/h2,7H,1H3. The van der Waals surface area contributed by atoms with Crippen LogP contribution in [0.3, 0.4) is 0 Å². The fourth-order valence-corrected chi connectivity index (χ4v) is 1.41. The van der Waals surface area contributed by atoms with E-state index in [1.165, 1.54) is 13.0 Å². The molecular weight excluding hydrogens is 309 g/mol. The highest BCUT2D eigenvalue weighted by molar-refractivity contribution is 14.1. The van der Waals surface area contributed by atoms with Crippen LogP contribution in [0.2, 0.25) is 0 Å². The van der Waals surface area contributed by atoms with Crippen LogP contribution in [0.5, 0.6) is 0 Å². The molecule has 0 fully saturated rings. The normalized spacial score (nSPS) is 10.6. The first kappa shape index (κ1) is 11.2. The summed E-state index contributed by atoms with van der Waals surface area (Å²) in [5.41, 5.74) is -0.0973. The molecule has 1 rings (SSSR count). The van der Waals surface area contributed by atoms with E-state index in [0.29, 0.717) is 5.56 Å². The van der Waals surface area contributed by atoms with Gasteiger partial charge in [0.05, 0.1) is 3.57 Å². The van der Waals surface area contributed by atoms with Crippen molar-refractivity contribution in [1.82, 2.24) is 4.98 Å². The number of pyridine rings is 1. The van der Waals surface area contributed by atoms with Gasteiger partial charge in [0.2, 0.25) is 5.69 Å². The maximum atomic E-state index is 12.4. The summed E-state index contributed by atoms with van der Waals surface area (Å²) in [5.74, 6) is -0.543. The highest BCUT2D eigenvalue weighted by atomic mass is 127. The Morgan fingerprint density at radius 3 is 2.64 bits per heavy atom. The summed E-state index contributed by atoms with van der Waals surface area (Å²) >= 11 is 1.70. The molecule has 14 heavy (non-hydrogen) atoms. The second kappa shape index (κ2) is 4.11. The van der Waals surface area contributed by atoms with Crippen molar-refractivity contribution in [2.75, 3.05) is 0 Å². The Morgan fingerprint density at radius 1 is 1.64 bits per heavy atom. The zero-order valence-corrected chi connectivity index (χ0v) is 9.16. The minimum atomic E-state index is -2.79. The van der Waals surface area contributed by atoms with Crippen molar-refractivity contribution >= 4 is 28.4 Å². The van der Waals surface area contributed by atoms with Crippen LogP contribution in [0, 0.1) is 20.6 Å². The lowest BCUT2D eigenvalue weighted by atomic mass is 10.2. The van der Waals surface area contributed by atoms with Crippen molar-refractivity contribution in [1.29, 1.82) is 0 Å². The first-order chi connectivity index (χ1) is 6.43. The minimum Gasteiger partial charge on any atom is -0.358 e. The van der Waals surface area contributed by atoms with Crippen molar-refractivity contribution in [3.05, 3.63) is 31.0 Å². The fraction of sp³-hybridized carbons (Fsp3) is 0.286. The van der Waals surface area contributed by atoms with Gasteiger partial charge < -0.3 is 10.1 Å². The van der Waals surface area contributed by atoms with Gasteiger partial charge in [-0.25, -0.2) is 8.78 Å². The van der Waals surface area contributed by atoms with Crippen LogP contribution < -0.4 is 0 Å². The molecule has 0 aromatic carbocycles. The largest absolute Gasteiger partial charge is 0.364 e. The zero-order chi connectivity index (χ0) is 10.9. The summed E-state index contributed by atoms with van der Waals surface area (Å²) in [6, 6.07) is 1.17. The molecule has 0 amide bonds. The van der Waals surface area contributed by atoms with Gasteiger partial charge in [-0.05, 0) is 45.0 Å². The molecule has 0 saturated carbocycles. The number of hydrogen-bond donors (Lipinski definition) is 0. The number of hydrogen-bond acceptors (Lipinski definition) is 3. The zero-order valence-electron chi connectivity index (χ0n) is 7.00. The summed E-state index contributed by atoms with van der Waals surface area (Å²) in [6.45, 7) is 1.53. The molecule has 0 unspecified atom stereocenters. The molecule has 76 valence electrons. The predicted molar refractivity (Wildman–Crippen MR) is 53.3 cm³/mol. The SMILES string of the molecule is Cc1cc([N+](=O)[O-])nc(C(F)F)c1I. The Hall–Kier alpha value is -0.860. The number of halogens is 3. The van der Waals surface area contributed by atoms with E-state index in [4.69, 9.17) is 0 Å². The van der Waals surface area contributed by atoms with E-state index >= 15 is 0 Å². The van der Waals surface area contributed by atoms with Crippen LogP contribution in [0.25, 0.3) is 0 Å². The van der Waals surface area contributed by atoms with Crippen molar-refractivity contribution < 1.29 is 13.7 Å². The first-order valence-electron chi connectivity index (χ1n) is 3.53. The van der Waals surface area contributed by atoms with Crippen LogP contribution in [0.15, 0.2) is 6.07 Å². The minimum absolute atomic E-state index is 0.267. The van der Waals surface area contributed by atoms with Gasteiger partial charge in [0.25, 0.3) is 0 Å². The Morgan fingerprint density at radius 2 is 2.21 bits per heavy atom. The number of nitro groups is 1. The van der Waals surface area contributed by atoms with Gasteiger partial charge in [-0.2, -0.15) is 0 Å². The molecule has 1 aromatic rings. The summed E-state index contributed by atoms with van der Waals surface area (Å²) in [7, 11) is 0. The van der Waals surface area contributed by atoms with Crippen LogP contribution in [0.1, 0.15) is 17.7 Å². The molecule has 0 saturated heterocycles. The Labute approximate surface area is 91.6 Å². The Kier molecular flexibility index (Phi) is 3.29. The Bertz CT molecular complexity index is 384. The van der Waals surface area contributed by atoms with Crippen LogP contribution in [-0.4, -0.2) is 9.91 Å². The highest BCUT2D eigenvalue weighted by Gasteiger charge is 2.24. The van der Waals surface area contributed by atoms with E-state index in [1.54, 1.807) is 22.6 Å². The average Bonchev–Trinajstić information content (AvgIpc) is 2.08. The van der Waals surface area contributed by atoms with Crippen molar-refractivity contribution in [2.45, 2.75) is 13.3 Å². The van der Waals surface area contributed by atoms with Gasteiger partial charge in [0.15, 0.2) is 0 Å². The van der Waals surface area contributed by atoms with Crippen molar-refractivity contribution in [2.24, 2.45) is 0 Å². The molecule has 0 spiro atoms. The molecule has 0 radical (unpaired) electrons. The van der Waals surface area contributed by atoms with Crippen LogP contribution >= 0.6 is 22.6 Å².